The van der Waals surface area contributed by atoms with Crippen LogP contribution in [0.4, 0.5) is 0 Å². The van der Waals surface area contributed by atoms with E-state index in [1.807, 2.05) is 0 Å². The van der Waals surface area contributed by atoms with Crippen molar-refractivity contribution in [2.45, 2.75) is 57.3 Å². The third-order valence-corrected chi connectivity index (χ3v) is 3.72. The first-order valence-corrected chi connectivity index (χ1v) is 7.36. The summed E-state index contributed by atoms with van der Waals surface area (Å²) in [6.07, 6.45) is 12.4. The summed E-state index contributed by atoms with van der Waals surface area (Å²) in [4.78, 5) is 2.33. The van der Waals surface area contributed by atoms with Gasteiger partial charge in [0.2, 0.25) is 0 Å². The molecular weight excluding hydrogens is 224 g/mol. The van der Waals surface area contributed by atoms with E-state index in [0.717, 1.165) is 38.6 Å². The molecule has 1 N–H and O–H groups in total. The first kappa shape index (κ1) is 13.9. The van der Waals surface area contributed by atoms with Crippen molar-refractivity contribution < 1.29 is 4.74 Å². The van der Waals surface area contributed by atoms with Crippen LogP contribution in [-0.2, 0) is 4.74 Å². The summed E-state index contributed by atoms with van der Waals surface area (Å²) in [6.45, 7) is 6.05. The van der Waals surface area contributed by atoms with Crippen LogP contribution in [-0.4, -0.2) is 49.3 Å². The van der Waals surface area contributed by atoms with Gasteiger partial charge in [0.25, 0.3) is 0 Å². The zero-order chi connectivity index (χ0) is 12.8. The van der Waals surface area contributed by atoms with E-state index in [-0.39, 0.29) is 0 Å². The van der Waals surface area contributed by atoms with Crippen molar-refractivity contribution in [2.75, 3.05) is 26.2 Å². The van der Waals surface area contributed by atoms with E-state index in [0.29, 0.717) is 12.2 Å². The fraction of sp³-hybridized carbons (Fsp3) is 0.867. The van der Waals surface area contributed by atoms with Gasteiger partial charge in [-0.3, -0.25) is 4.90 Å². The van der Waals surface area contributed by atoms with Gasteiger partial charge in [-0.25, -0.2) is 0 Å². The van der Waals surface area contributed by atoms with Gasteiger partial charge in [-0.1, -0.05) is 12.8 Å². The molecule has 0 amide bonds. The number of terminal acetylenes is 1. The summed E-state index contributed by atoms with van der Waals surface area (Å²) in [6, 6.07) is 0.783. The third-order valence-electron chi connectivity index (χ3n) is 3.72. The minimum Gasteiger partial charge on any atom is -0.372 e. The first-order chi connectivity index (χ1) is 8.81. The number of nitrogens with zero attached hydrogens (tertiary/aromatic N) is 1. The van der Waals surface area contributed by atoms with Crippen LogP contribution in [0.2, 0.25) is 0 Å². The van der Waals surface area contributed by atoms with E-state index < -0.39 is 0 Å². The van der Waals surface area contributed by atoms with Crippen molar-refractivity contribution >= 4 is 0 Å². The molecule has 2 aliphatic rings. The molecule has 1 aliphatic carbocycles. The molecule has 0 bridgehead atoms. The molecule has 0 aromatic carbocycles. The number of hydrogen-bond acceptors (Lipinski definition) is 3. The summed E-state index contributed by atoms with van der Waals surface area (Å²) in [5.74, 6) is 2.74. The molecule has 3 nitrogen and oxygen atoms in total. The van der Waals surface area contributed by atoms with Crippen LogP contribution in [0.5, 0.6) is 0 Å². The lowest BCUT2D eigenvalue weighted by molar-refractivity contribution is 0.0256. The molecule has 1 saturated carbocycles. The van der Waals surface area contributed by atoms with E-state index in [4.69, 9.17) is 11.2 Å². The quantitative estimate of drug-likeness (QED) is 0.663. The number of nitrogens with one attached hydrogen (secondary N) is 1. The topological polar surface area (TPSA) is 24.5 Å². The van der Waals surface area contributed by atoms with Crippen molar-refractivity contribution in [2.24, 2.45) is 0 Å². The lowest BCUT2D eigenvalue weighted by Gasteiger charge is -2.23. The molecule has 1 heterocycles. The Morgan fingerprint density at radius 1 is 1.28 bits per heavy atom. The highest BCUT2D eigenvalue weighted by atomic mass is 16.5. The highest BCUT2D eigenvalue weighted by Gasteiger charge is 2.28. The highest BCUT2D eigenvalue weighted by Crippen LogP contribution is 2.23. The summed E-state index contributed by atoms with van der Waals surface area (Å²) in [5.41, 5.74) is 0. The summed E-state index contributed by atoms with van der Waals surface area (Å²) in [5, 5.41) is 3.55. The maximum Gasteiger partial charge on any atom is 0.0707 e. The van der Waals surface area contributed by atoms with Gasteiger partial charge in [0.05, 0.1) is 18.8 Å². The minimum absolute atomic E-state index is 0.385. The molecule has 0 spiro atoms. The molecule has 2 atom stereocenters. The lowest BCUT2D eigenvalue weighted by atomic mass is 10.2. The Bertz CT molecular complexity index is 283. The summed E-state index contributed by atoms with van der Waals surface area (Å²) in [7, 11) is 0. The van der Waals surface area contributed by atoms with Gasteiger partial charge in [-0.2, -0.15) is 0 Å². The zero-order valence-electron chi connectivity index (χ0n) is 11.5. The molecule has 2 unspecified atom stereocenters. The van der Waals surface area contributed by atoms with Crippen molar-refractivity contribution in [3.8, 4) is 12.3 Å². The van der Waals surface area contributed by atoms with Crippen LogP contribution >= 0.6 is 0 Å². The maximum absolute atomic E-state index is 6.09. The van der Waals surface area contributed by atoms with Crippen molar-refractivity contribution in [1.82, 2.24) is 10.2 Å². The van der Waals surface area contributed by atoms with Gasteiger partial charge in [-0.05, 0) is 38.6 Å². The average molecular weight is 250 g/mol. The van der Waals surface area contributed by atoms with Crippen LogP contribution in [0.25, 0.3) is 0 Å². The first-order valence-electron chi connectivity index (χ1n) is 7.36. The van der Waals surface area contributed by atoms with Gasteiger partial charge < -0.3 is 10.1 Å². The highest BCUT2D eigenvalue weighted by molar-refractivity contribution is 4.90. The van der Waals surface area contributed by atoms with Gasteiger partial charge in [0, 0.05) is 19.1 Å². The van der Waals surface area contributed by atoms with Crippen LogP contribution in [0.15, 0.2) is 0 Å². The van der Waals surface area contributed by atoms with E-state index in [9.17, 15) is 0 Å². The molecule has 3 heteroatoms. The van der Waals surface area contributed by atoms with E-state index in [2.05, 4.69) is 23.1 Å². The maximum atomic E-state index is 6.09. The number of hydrogen-bond donors (Lipinski definition) is 1. The van der Waals surface area contributed by atoms with Crippen LogP contribution in [0, 0.1) is 12.3 Å². The van der Waals surface area contributed by atoms with E-state index >= 15 is 0 Å². The Labute approximate surface area is 111 Å². The third kappa shape index (κ3) is 4.61. The number of ether oxygens (including phenoxy) is 1. The second-order valence-electron chi connectivity index (χ2n) is 5.58. The largest absolute Gasteiger partial charge is 0.372 e. The summed E-state index contributed by atoms with van der Waals surface area (Å²) < 4.78 is 6.09. The Morgan fingerprint density at radius 3 is 2.72 bits per heavy atom. The van der Waals surface area contributed by atoms with Gasteiger partial charge in [-0.15, -0.1) is 6.42 Å². The SMILES string of the molecule is C#CCN(CCC)CC1CCC(CNC2CC2)O1. The second kappa shape index (κ2) is 7.13. The monoisotopic (exact) mass is 250 g/mol. The van der Waals surface area contributed by atoms with Crippen LogP contribution in [0.3, 0.4) is 0 Å². The average Bonchev–Trinajstić information content (AvgIpc) is 3.08. The lowest BCUT2D eigenvalue weighted by Crippen LogP contribution is -2.35. The Hall–Kier alpha value is -0.560. The molecule has 18 heavy (non-hydrogen) atoms. The molecule has 1 saturated heterocycles. The molecule has 0 radical (unpaired) electrons. The molecule has 2 fully saturated rings. The van der Waals surface area contributed by atoms with Crippen LogP contribution in [0.1, 0.15) is 39.0 Å². The summed E-state index contributed by atoms with van der Waals surface area (Å²) >= 11 is 0. The second-order valence-corrected chi connectivity index (χ2v) is 5.58. The standard InChI is InChI=1S/C15H26N2O/c1-3-9-17(10-4-2)12-15-8-7-14(18-15)11-16-13-5-6-13/h1,13-16H,4-12H2,2H3. The van der Waals surface area contributed by atoms with Gasteiger partial charge in [0.1, 0.15) is 0 Å². The van der Waals surface area contributed by atoms with Crippen molar-refractivity contribution in [3.05, 3.63) is 0 Å². The zero-order valence-corrected chi connectivity index (χ0v) is 11.5. The fourth-order valence-electron chi connectivity index (χ4n) is 2.62. The van der Waals surface area contributed by atoms with Crippen molar-refractivity contribution in [3.63, 3.8) is 0 Å². The predicted molar refractivity (Wildman–Crippen MR) is 74.5 cm³/mol. The van der Waals surface area contributed by atoms with E-state index in [1.165, 1.54) is 25.7 Å². The minimum atomic E-state index is 0.385. The predicted octanol–water partition coefficient (Wildman–Crippen LogP) is 1.63. The normalized spacial score (nSPS) is 27.6. The van der Waals surface area contributed by atoms with Gasteiger partial charge in [0.15, 0.2) is 0 Å². The molecule has 2 rings (SSSR count). The molecule has 102 valence electrons. The molecular formula is C15H26N2O. The fourth-order valence-corrected chi connectivity index (χ4v) is 2.62. The Balaban J connectivity index is 1.65. The molecule has 0 aromatic rings. The Morgan fingerprint density at radius 2 is 2.06 bits per heavy atom. The van der Waals surface area contributed by atoms with Gasteiger partial charge >= 0.3 is 0 Å². The van der Waals surface area contributed by atoms with Crippen molar-refractivity contribution in [1.29, 1.82) is 0 Å². The molecule has 0 aromatic heterocycles. The Kier molecular flexibility index (Phi) is 5.49. The number of rotatable bonds is 8. The smallest absolute Gasteiger partial charge is 0.0707 e. The molecule has 1 aliphatic heterocycles. The van der Waals surface area contributed by atoms with Crippen LogP contribution < -0.4 is 5.32 Å². The van der Waals surface area contributed by atoms with E-state index in [1.54, 1.807) is 0 Å².